The second-order valence-electron chi connectivity index (χ2n) is 7.37. The Labute approximate surface area is 188 Å². The molecule has 0 saturated carbocycles. The molecule has 0 aromatic heterocycles. The Morgan fingerprint density at radius 3 is 2.74 bits per heavy atom. The van der Waals surface area contributed by atoms with Crippen molar-refractivity contribution in [3.8, 4) is 23.3 Å². The summed E-state index contributed by atoms with van der Waals surface area (Å²) >= 11 is 12.7. The maximum Gasteiger partial charge on any atom is 0.231 e. The average Bonchev–Trinajstić information content (AvgIpc) is 3.38. The van der Waals surface area contributed by atoms with Gasteiger partial charge in [-0.15, -0.1) is 0 Å². The minimum atomic E-state index is -0.500. The highest BCUT2D eigenvalue weighted by molar-refractivity contribution is 6.35. The molecule has 3 aliphatic heterocycles. The Bertz CT molecular complexity index is 1130. The molecular weight excluding hydrogens is 443 g/mol. The van der Waals surface area contributed by atoms with Crippen molar-refractivity contribution >= 4 is 23.2 Å². The fraction of sp³-hybridized carbons (Fsp3) is 0.286. The fourth-order valence-corrected chi connectivity index (χ4v) is 5.07. The maximum absolute atomic E-state index is 9.95. The summed E-state index contributed by atoms with van der Waals surface area (Å²) in [6.45, 7) is 0.184. The van der Waals surface area contributed by atoms with Crippen molar-refractivity contribution in [2.75, 3.05) is 13.9 Å². The molecule has 3 aliphatic rings. The second kappa shape index (κ2) is 7.70. The number of nitrogens with zero attached hydrogens (tertiary/aromatic N) is 1. The van der Waals surface area contributed by atoms with Crippen LogP contribution in [-0.2, 0) is 4.74 Å². The zero-order valence-corrected chi connectivity index (χ0v) is 17.8. The molecule has 0 radical (unpaired) electrons. The number of nitrogens with one attached hydrogen (secondary N) is 2. The minimum Gasteiger partial charge on any atom is -0.495 e. The van der Waals surface area contributed by atoms with Crippen LogP contribution in [0.3, 0.4) is 0 Å². The molecule has 5 rings (SSSR count). The summed E-state index contributed by atoms with van der Waals surface area (Å²) in [5.41, 5.74) is 14.4. The number of nitriles is 1. The van der Waals surface area contributed by atoms with E-state index in [0.717, 1.165) is 5.56 Å². The van der Waals surface area contributed by atoms with Crippen LogP contribution in [0.4, 0.5) is 0 Å². The predicted molar refractivity (Wildman–Crippen MR) is 113 cm³/mol. The van der Waals surface area contributed by atoms with Crippen LogP contribution in [0.15, 0.2) is 41.8 Å². The van der Waals surface area contributed by atoms with Crippen LogP contribution in [0.1, 0.15) is 23.1 Å². The molecule has 31 heavy (non-hydrogen) atoms. The molecule has 0 bridgehead atoms. The van der Waals surface area contributed by atoms with Crippen molar-refractivity contribution in [2.45, 2.75) is 18.2 Å². The molecule has 2 aromatic rings. The Kier molecular flexibility index (Phi) is 4.99. The minimum absolute atomic E-state index is 0.0486. The van der Waals surface area contributed by atoms with Gasteiger partial charge in [-0.3, -0.25) is 0 Å². The zero-order valence-electron chi connectivity index (χ0n) is 16.3. The first-order chi connectivity index (χ1) is 15.0. The van der Waals surface area contributed by atoms with Gasteiger partial charge in [-0.2, -0.15) is 5.26 Å². The summed E-state index contributed by atoms with van der Waals surface area (Å²) in [6, 6.07) is 11.0. The third-order valence-corrected chi connectivity index (χ3v) is 6.28. The van der Waals surface area contributed by atoms with Gasteiger partial charge < -0.3 is 24.7 Å². The van der Waals surface area contributed by atoms with Gasteiger partial charge in [0.25, 0.3) is 0 Å². The van der Waals surface area contributed by atoms with Crippen molar-refractivity contribution < 1.29 is 18.9 Å². The quantitative estimate of drug-likeness (QED) is 0.639. The summed E-state index contributed by atoms with van der Waals surface area (Å²) in [5.74, 6) is 1.07. The molecule has 3 heterocycles. The van der Waals surface area contributed by atoms with Gasteiger partial charge in [0.15, 0.2) is 17.7 Å². The first kappa shape index (κ1) is 20.1. The van der Waals surface area contributed by atoms with E-state index in [1.807, 2.05) is 18.2 Å². The highest BCUT2D eigenvalue weighted by atomic mass is 35.5. The van der Waals surface area contributed by atoms with Crippen LogP contribution in [0.25, 0.3) is 0 Å². The lowest BCUT2D eigenvalue weighted by atomic mass is 9.74. The van der Waals surface area contributed by atoms with Crippen molar-refractivity contribution in [3.05, 3.63) is 63.0 Å². The molecule has 4 unspecified atom stereocenters. The Morgan fingerprint density at radius 1 is 1.16 bits per heavy atom. The van der Waals surface area contributed by atoms with Gasteiger partial charge in [-0.05, 0) is 29.8 Å². The molecule has 0 aliphatic carbocycles. The number of benzene rings is 2. The SMILES string of the molecule is COc1c(Cl)cc(Cl)cc1C1C(C#N)=C(N)OC2NNC(c3ccc4c(c3)OCO4)C21. The van der Waals surface area contributed by atoms with E-state index in [-0.39, 0.29) is 30.2 Å². The van der Waals surface area contributed by atoms with E-state index in [1.165, 1.54) is 7.11 Å². The van der Waals surface area contributed by atoms with Gasteiger partial charge in [-0.1, -0.05) is 29.3 Å². The van der Waals surface area contributed by atoms with Gasteiger partial charge in [-0.25, -0.2) is 10.9 Å². The van der Waals surface area contributed by atoms with Gasteiger partial charge in [0.05, 0.1) is 23.7 Å². The summed E-state index contributed by atoms with van der Waals surface area (Å²) in [4.78, 5) is 0. The Hall–Kier alpha value is -2.83. The number of hydrogen-bond donors (Lipinski definition) is 3. The number of ether oxygens (including phenoxy) is 4. The Morgan fingerprint density at radius 2 is 1.97 bits per heavy atom. The number of nitrogens with two attached hydrogens (primary N) is 1. The lowest BCUT2D eigenvalue weighted by molar-refractivity contribution is 0.0337. The van der Waals surface area contributed by atoms with Gasteiger partial charge >= 0.3 is 0 Å². The number of hydrogen-bond acceptors (Lipinski definition) is 8. The van der Waals surface area contributed by atoms with Crippen LogP contribution in [0.5, 0.6) is 17.2 Å². The normalized spacial score (nSPS) is 26.3. The molecule has 8 nitrogen and oxygen atoms in total. The van der Waals surface area contributed by atoms with Crippen LogP contribution < -0.4 is 30.8 Å². The van der Waals surface area contributed by atoms with Crippen molar-refractivity contribution in [1.82, 2.24) is 10.9 Å². The summed E-state index contributed by atoms with van der Waals surface area (Å²) in [7, 11) is 1.52. The first-order valence-electron chi connectivity index (χ1n) is 9.51. The van der Waals surface area contributed by atoms with Gasteiger partial charge in [0.2, 0.25) is 12.7 Å². The number of methoxy groups -OCH3 is 1. The standard InChI is InChI=1S/C21H18Cl2N4O4/c1-28-19-11(5-10(22)6-13(19)23)16-12(7-24)20(25)31-21-17(16)18(26-27-21)9-2-3-14-15(4-9)30-8-29-14/h2-6,16-18,21,26-27H,8,25H2,1H3. The number of hydrazine groups is 1. The third kappa shape index (κ3) is 3.22. The van der Waals surface area contributed by atoms with Crippen LogP contribution in [-0.4, -0.2) is 20.1 Å². The summed E-state index contributed by atoms with van der Waals surface area (Å²) in [5, 5.41) is 10.7. The predicted octanol–water partition coefficient (Wildman–Crippen LogP) is 3.33. The lowest BCUT2D eigenvalue weighted by Gasteiger charge is -2.36. The van der Waals surface area contributed by atoms with Gasteiger partial charge in [0, 0.05) is 22.4 Å². The van der Waals surface area contributed by atoms with Crippen LogP contribution in [0, 0.1) is 17.2 Å². The zero-order chi connectivity index (χ0) is 21.7. The molecule has 1 fully saturated rings. The van der Waals surface area contributed by atoms with Crippen molar-refractivity contribution in [3.63, 3.8) is 0 Å². The molecule has 10 heteroatoms. The smallest absolute Gasteiger partial charge is 0.231 e. The van der Waals surface area contributed by atoms with E-state index in [2.05, 4.69) is 16.9 Å². The van der Waals surface area contributed by atoms with Crippen LogP contribution >= 0.6 is 23.2 Å². The molecule has 160 valence electrons. The van der Waals surface area contributed by atoms with Crippen molar-refractivity contribution in [2.24, 2.45) is 11.7 Å². The number of fused-ring (bicyclic) bond motifs is 2. The fourth-order valence-electron chi connectivity index (χ4n) is 4.49. The average molecular weight is 461 g/mol. The number of allylic oxidation sites excluding steroid dienone is 1. The number of rotatable bonds is 3. The molecular formula is C21H18Cl2N4O4. The van der Waals surface area contributed by atoms with E-state index in [9.17, 15) is 5.26 Å². The molecule has 2 aromatic carbocycles. The molecule has 0 spiro atoms. The van der Waals surface area contributed by atoms with Crippen molar-refractivity contribution in [1.29, 1.82) is 5.26 Å². The van der Waals surface area contributed by atoms with E-state index in [4.69, 9.17) is 47.9 Å². The number of halogens is 2. The van der Waals surface area contributed by atoms with E-state index in [1.54, 1.807) is 12.1 Å². The third-order valence-electron chi connectivity index (χ3n) is 5.78. The van der Waals surface area contributed by atoms with Gasteiger partial charge in [0.1, 0.15) is 11.8 Å². The monoisotopic (exact) mass is 460 g/mol. The molecule has 1 saturated heterocycles. The van der Waals surface area contributed by atoms with E-state index in [0.29, 0.717) is 32.9 Å². The largest absolute Gasteiger partial charge is 0.495 e. The topological polar surface area (TPSA) is 111 Å². The lowest BCUT2D eigenvalue weighted by Crippen LogP contribution is -2.41. The van der Waals surface area contributed by atoms with Crippen LogP contribution in [0.2, 0.25) is 10.0 Å². The summed E-state index contributed by atoms with van der Waals surface area (Å²) in [6.07, 6.45) is -0.500. The highest BCUT2D eigenvalue weighted by Crippen LogP contribution is 2.51. The second-order valence-corrected chi connectivity index (χ2v) is 8.22. The highest BCUT2D eigenvalue weighted by Gasteiger charge is 2.50. The van der Waals surface area contributed by atoms with E-state index >= 15 is 0 Å². The Balaban J connectivity index is 1.66. The molecule has 4 N–H and O–H groups in total. The molecule has 4 atom stereocenters. The first-order valence-corrected chi connectivity index (χ1v) is 10.3. The molecule has 0 amide bonds. The van der Waals surface area contributed by atoms with E-state index < -0.39 is 12.1 Å². The maximum atomic E-state index is 9.95. The summed E-state index contributed by atoms with van der Waals surface area (Å²) < 4.78 is 22.4.